The standard InChI is InChI=1S/C12H13ClN2O/c1-3-11-8(2)14-15(12(11)16)10-6-4-5-9(13)7-10/h4-7,11H,3H2,1-2H3. The second kappa shape index (κ2) is 4.26. The highest BCUT2D eigenvalue weighted by Gasteiger charge is 2.32. The third kappa shape index (κ3) is 1.83. The van der Waals surface area contributed by atoms with Crippen molar-refractivity contribution in [1.29, 1.82) is 0 Å². The van der Waals surface area contributed by atoms with Crippen LogP contribution in [0.5, 0.6) is 0 Å². The number of amides is 1. The fourth-order valence-electron chi connectivity index (χ4n) is 1.87. The predicted octanol–water partition coefficient (Wildman–Crippen LogP) is 3.09. The monoisotopic (exact) mass is 236 g/mol. The van der Waals surface area contributed by atoms with Crippen LogP contribution < -0.4 is 5.01 Å². The third-order valence-electron chi connectivity index (χ3n) is 2.73. The molecule has 1 heterocycles. The van der Waals surface area contributed by atoms with Crippen LogP contribution in [-0.2, 0) is 4.79 Å². The summed E-state index contributed by atoms with van der Waals surface area (Å²) in [6.45, 7) is 3.87. The molecule has 1 aromatic carbocycles. The van der Waals surface area contributed by atoms with Gasteiger partial charge in [0.05, 0.1) is 11.6 Å². The Balaban J connectivity index is 2.34. The molecule has 1 unspecified atom stereocenters. The van der Waals surface area contributed by atoms with Crippen LogP contribution in [0.15, 0.2) is 29.4 Å². The molecule has 0 saturated heterocycles. The SMILES string of the molecule is CCC1C(=O)N(c2cccc(Cl)c2)N=C1C. The van der Waals surface area contributed by atoms with Crippen LogP contribution in [0.3, 0.4) is 0 Å². The first-order valence-electron chi connectivity index (χ1n) is 5.28. The summed E-state index contributed by atoms with van der Waals surface area (Å²) in [7, 11) is 0. The van der Waals surface area contributed by atoms with Gasteiger partial charge in [-0.2, -0.15) is 5.10 Å². The molecule has 1 atom stereocenters. The van der Waals surface area contributed by atoms with Gasteiger partial charge in [-0.15, -0.1) is 0 Å². The van der Waals surface area contributed by atoms with Crippen LogP contribution >= 0.6 is 11.6 Å². The number of rotatable bonds is 2. The molecule has 0 spiro atoms. The second-order valence-electron chi connectivity index (χ2n) is 3.83. The Bertz CT molecular complexity index is 456. The summed E-state index contributed by atoms with van der Waals surface area (Å²) >= 11 is 5.89. The average molecular weight is 237 g/mol. The van der Waals surface area contributed by atoms with Crippen LogP contribution in [0.2, 0.25) is 5.02 Å². The van der Waals surface area contributed by atoms with E-state index < -0.39 is 0 Å². The highest BCUT2D eigenvalue weighted by atomic mass is 35.5. The molecule has 2 rings (SSSR count). The van der Waals surface area contributed by atoms with Crippen LogP contribution in [0.4, 0.5) is 5.69 Å². The van der Waals surface area contributed by atoms with Crippen LogP contribution in [0.25, 0.3) is 0 Å². The summed E-state index contributed by atoms with van der Waals surface area (Å²) in [5.41, 5.74) is 1.60. The Hall–Kier alpha value is -1.35. The number of carbonyl (C=O) groups is 1. The molecular formula is C12H13ClN2O. The Morgan fingerprint density at radius 1 is 1.50 bits per heavy atom. The predicted molar refractivity (Wildman–Crippen MR) is 65.8 cm³/mol. The summed E-state index contributed by atoms with van der Waals surface area (Å²) < 4.78 is 0. The Labute approximate surface area is 99.7 Å². The molecule has 3 nitrogen and oxygen atoms in total. The van der Waals surface area contributed by atoms with Gasteiger partial charge in [-0.05, 0) is 31.5 Å². The van der Waals surface area contributed by atoms with Crippen molar-refractivity contribution in [1.82, 2.24) is 0 Å². The Morgan fingerprint density at radius 2 is 2.25 bits per heavy atom. The van der Waals surface area contributed by atoms with Crippen LogP contribution in [-0.4, -0.2) is 11.6 Å². The number of hydrogen-bond acceptors (Lipinski definition) is 2. The molecule has 84 valence electrons. The number of anilines is 1. The maximum Gasteiger partial charge on any atom is 0.256 e. The van der Waals surface area contributed by atoms with Crippen molar-refractivity contribution < 1.29 is 4.79 Å². The van der Waals surface area contributed by atoms with Gasteiger partial charge in [-0.1, -0.05) is 24.6 Å². The highest BCUT2D eigenvalue weighted by molar-refractivity contribution is 6.31. The molecule has 16 heavy (non-hydrogen) atoms. The number of nitrogens with zero attached hydrogens (tertiary/aromatic N) is 2. The summed E-state index contributed by atoms with van der Waals surface area (Å²) in [6, 6.07) is 7.17. The maximum absolute atomic E-state index is 12.0. The Morgan fingerprint density at radius 3 is 2.81 bits per heavy atom. The van der Waals surface area contributed by atoms with E-state index in [4.69, 9.17) is 11.6 Å². The van der Waals surface area contributed by atoms with Gasteiger partial charge < -0.3 is 0 Å². The first-order valence-corrected chi connectivity index (χ1v) is 5.66. The number of hydrazone groups is 1. The van der Waals surface area contributed by atoms with Gasteiger partial charge in [0.1, 0.15) is 0 Å². The van der Waals surface area contributed by atoms with Gasteiger partial charge >= 0.3 is 0 Å². The van der Waals surface area contributed by atoms with Gasteiger partial charge in [0.15, 0.2) is 0 Å². The maximum atomic E-state index is 12.0. The second-order valence-corrected chi connectivity index (χ2v) is 4.27. The highest BCUT2D eigenvalue weighted by Crippen LogP contribution is 2.27. The van der Waals surface area contributed by atoms with E-state index in [-0.39, 0.29) is 11.8 Å². The number of carbonyl (C=O) groups excluding carboxylic acids is 1. The minimum Gasteiger partial charge on any atom is -0.272 e. The number of benzene rings is 1. The molecule has 0 N–H and O–H groups in total. The van der Waals surface area contributed by atoms with Crippen molar-refractivity contribution in [3.05, 3.63) is 29.3 Å². The van der Waals surface area contributed by atoms with E-state index in [0.29, 0.717) is 5.02 Å². The molecular weight excluding hydrogens is 224 g/mol. The van der Waals surface area contributed by atoms with Crippen molar-refractivity contribution in [3.63, 3.8) is 0 Å². The van der Waals surface area contributed by atoms with Crippen LogP contribution in [0.1, 0.15) is 20.3 Å². The molecule has 1 aromatic rings. The van der Waals surface area contributed by atoms with Gasteiger partial charge in [0.25, 0.3) is 5.91 Å². The van der Waals surface area contributed by atoms with E-state index in [0.717, 1.165) is 17.8 Å². The van der Waals surface area contributed by atoms with E-state index in [1.54, 1.807) is 12.1 Å². The molecule has 0 radical (unpaired) electrons. The topological polar surface area (TPSA) is 32.7 Å². The lowest BCUT2D eigenvalue weighted by molar-refractivity contribution is -0.119. The van der Waals surface area contributed by atoms with E-state index in [1.165, 1.54) is 5.01 Å². The average Bonchev–Trinajstić information content (AvgIpc) is 2.54. The molecule has 1 amide bonds. The largest absolute Gasteiger partial charge is 0.272 e. The smallest absolute Gasteiger partial charge is 0.256 e. The lowest BCUT2D eigenvalue weighted by atomic mass is 10.0. The lowest BCUT2D eigenvalue weighted by Gasteiger charge is -2.13. The van der Waals surface area contributed by atoms with Gasteiger partial charge in [0, 0.05) is 10.7 Å². The molecule has 0 aliphatic carbocycles. The van der Waals surface area contributed by atoms with E-state index in [9.17, 15) is 4.79 Å². The Kier molecular flexibility index (Phi) is 2.97. The molecule has 0 saturated carbocycles. The first kappa shape index (κ1) is 11.1. The molecule has 0 bridgehead atoms. The minimum absolute atomic E-state index is 0.0299. The number of hydrogen-bond donors (Lipinski definition) is 0. The summed E-state index contributed by atoms with van der Waals surface area (Å²) in [6.07, 6.45) is 0.783. The van der Waals surface area contributed by atoms with E-state index in [2.05, 4.69) is 5.10 Å². The van der Waals surface area contributed by atoms with Gasteiger partial charge in [-0.3, -0.25) is 4.79 Å². The van der Waals surface area contributed by atoms with Crippen molar-refractivity contribution in [2.45, 2.75) is 20.3 Å². The molecule has 1 aliphatic heterocycles. The fourth-order valence-corrected chi connectivity index (χ4v) is 2.05. The van der Waals surface area contributed by atoms with Crippen LogP contribution in [0, 0.1) is 5.92 Å². The molecule has 4 heteroatoms. The normalized spacial score (nSPS) is 20.2. The minimum atomic E-state index is -0.0843. The summed E-state index contributed by atoms with van der Waals surface area (Å²) in [4.78, 5) is 12.0. The van der Waals surface area contributed by atoms with E-state index in [1.807, 2.05) is 26.0 Å². The first-order chi connectivity index (χ1) is 7.63. The van der Waals surface area contributed by atoms with Crippen molar-refractivity contribution in [2.75, 3.05) is 5.01 Å². The van der Waals surface area contributed by atoms with Gasteiger partial charge in [-0.25, -0.2) is 5.01 Å². The zero-order chi connectivity index (χ0) is 11.7. The molecule has 1 aliphatic rings. The molecule has 0 aromatic heterocycles. The quantitative estimate of drug-likeness (QED) is 0.777. The fraction of sp³-hybridized carbons (Fsp3) is 0.333. The summed E-state index contributed by atoms with van der Waals surface area (Å²) in [5.74, 6) is -0.0544. The van der Waals surface area contributed by atoms with Crippen molar-refractivity contribution in [2.24, 2.45) is 11.0 Å². The summed E-state index contributed by atoms with van der Waals surface area (Å²) in [5, 5.41) is 6.32. The molecule has 0 fully saturated rings. The number of halogens is 1. The van der Waals surface area contributed by atoms with Crippen molar-refractivity contribution in [3.8, 4) is 0 Å². The van der Waals surface area contributed by atoms with Gasteiger partial charge in [0.2, 0.25) is 0 Å². The lowest BCUT2D eigenvalue weighted by Crippen LogP contribution is -2.26. The zero-order valence-corrected chi connectivity index (χ0v) is 10.0. The van der Waals surface area contributed by atoms with E-state index >= 15 is 0 Å². The zero-order valence-electron chi connectivity index (χ0n) is 9.27. The third-order valence-corrected chi connectivity index (χ3v) is 2.96. The van der Waals surface area contributed by atoms with Crippen molar-refractivity contribution >= 4 is 28.9 Å².